The van der Waals surface area contributed by atoms with Gasteiger partial charge in [0.15, 0.2) is 9.84 Å². The minimum absolute atomic E-state index is 0.136. The summed E-state index contributed by atoms with van der Waals surface area (Å²) in [5.74, 6) is -1.16. The maximum atomic E-state index is 11.9. The second-order valence-electron chi connectivity index (χ2n) is 7.63. The highest BCUT2D eigenvalue weighted by molar-refractivity contribution is 7.91. The first kappa shape index (κ1) is 27.9. The normalized spacial score (nSPS) is 11.4. The first-order valence-corrected chi connectivity index (χ1v) is 13.2. The van der Waals surface area contributed by atoms with Crippen LogP contribution in [0.4, 0.5) is 0 Å². The molecule has 0 aromatic carbocycles. The summed E-state index contributed by atoms with van der Waals surface area (Å²) in [7, 11) is -3.40. The molecule has 0 saturated heterocycles. The number of hydrogen-bond donors (Lipinski definition) is 0. The Morgan fingerprint density at radius 1 is 0.586 bits per heavy atom. The van der Waals surface area contributed by atoms with E-state index in [1.54, 1.807) is 0 Å². The average molecular weight is 435 g/mol. The van der Waals surface area contributed by atoms with Crippen molar-refractivity contribution in [3.05, 3.63) is 0 Å². The molecule has 6 nitrogen and oxygen atoms in total. The summed E-state index contributed by atoms with van der Waals surface area (Å²) in [5.41, 5.74) is 0. The SMILES string of the molecule is CCCCCCCCC(=O)OCCS(=O)(=O)CCOC(=O)CCCCCCCC. The molecule has 0 bridgehead atoms. The van der Waals surface area contributed by atoms with E-state index < -0.39 is 9.84 Å². The largest absolute Gasteiger partial charge is 0.465 e. The number of carbonyl (C=O) groups is 2. The Morgan fingerprint density at radius 2 is 0.931 bits per heavy atom. The van der Waals surface area contributed by atoms with E-state index in [0.717, 1.165) is 38.5 Å². The standard InChI is InChI=1S/C22H42O6S/c1-3-5-7-9-11-13-15-21(23)27-17-19-29(25,26)20-18-28-22(24)16-14-12-10-8-6-4-2/h3-20H2,1-2H3. The monoisotopic (exact) mass is 434 g/mol. The highest BCUT2D eigenvalue weighted by atomic mass is 32.2. The van der Waals surface area contributed by atoms with Crippen molar-refractivity contribution in [1.29, 1.82) is 0 Å². The molecule has 0 atom stereocenters. The summed E-state index contributed by atoms with van der Waals surface area (Å²) in [6, 6.07) is 0. The molecule has 7 heteroatoms. The van der Waals surface area contributed by atoms with E-state index >= 15 is 0 Å². The van der Waals surface area contributed by atoms with E-state index in [9.17, 15) is 18.0 Å². The zero-order valence-electron chi connectivity index (χ0n) is 18.6. The van der Waals surface area contributed by atoms with Gasteiger partial charge in [-0.3, -0.25) is 9.59 Å². The van der Waals surface area contributed by atoms with Crippen LogP contribution < -0.4 is 0 Å². The zero-order chi connectivity index (χ0) is 21.8. The van der Waals surface area contributed by atoms with E-state index in [2.05, 4.69) is 13.8 Å². The number of sulfone groups is 1. The predicted octanol–water partition coefficient (Wildman–Crippen LogP) is 4.99. The lowest BCUT2D eigenvalue weighted by Crippen LogP contribution is -2.21. The molecule has 0 saturated carbocycles. The Kier molecular flexibility index (Phi) is 18.2. The van der Waals surface area contributed by atoms with Crippen LogP contribution in [0, 0.1) is 0 Å². The van der Waals surface area contributed by atoms with Crippen LogP contribution >= 0.6 is 0 Å². The van der Waals surface area contributed by atoms with Crippen LogP contribution in [0.5, 0.6) is 0 Å². The second-order valence-corrected chi connectivity index (χ2v) is 9.93. The topological polar surface area (TPSA) is 86.7 Å². The van der Waals surface area contributed by atoms with Gasteiger partial charge < -0.3 is 9.47 Å². The number of carbonyl (C=O) groups excluding carboxylic acids is 2. The summed E-state index contributed by atoms with van der Waals surface area (Å²) in [6.45, 7) is 4.04. The maximum Gasteiger partial charge on any atom is 0.305 e. The lowest BCUT2D eigenvalue weighted by Gasteiger charge is -2.07. The van der Waals surface area contributed by atoms with Crippen molar-refractivity contribution in [2.75, 3.05) is 24.7 Å². The van der Waals surface area contributed by atoms with Gasteiger partial charge in [-0.05, 0) is 12.8 Å². The van der Waals surface area contributed by atoms with Crippen LogP contribution in [0.1, 0.15) is 104 Å². The molecule has 0 amide bonds. The van der Waals surface area contributed by atoms with Crippen LogP contribution in [0.15, 0.2) is 0 Å². The maximum absolute atomic E-state index is 11.9. The van der Waals surface area contributed by atoms with Gasteiger partial charge in [0.25, 0.3) is 0 Å². The molecule has 0 aromatic heterocycles. The molecule has 0 fully saturated rings. The summed E-state index contributed by atoms with van der Waals surface area (Å²) < 4.78 is 33.9. The summed E-state index contributed by atoms with van der Waals surface area (Å²) in [4.78, 5) is 23.2. The number of esters is 2. The second kappa shape index (κ2) is 18.9. The fraction of sp³-hybridized carbons (Fsp3) is 0.909. The van der Waals surface area contributed by atoms with Crippen LogP contribution in [-0.4, -0.2) is 45.1 Å². The Hall–Kier alpha value is -1.11. The van der Waals surface area contributed by atoms with Crippen LogP contribution in [0.2, 0.25) is 0 Å². The number of unbranched alkanes of at least 4 members (excludes halogenated alkanes) is 10. The molecule has 0 aliphatic rings. The minimum Gasteiger partial charge on any atom is -0.465 e. The van der Waals surface area contributed by atoms with Gasteiger partial charge in [0.05, 0.1) is 11.5 Å². The Bertz CT molecular complexity index is 475. The van der Waals surface area contributed by atoms with Gasteiger partial charge >= 0.3 is 11.9 Å². The molecule has 29 heavy (non-hydrogen) atoms. The lowest BCUT2D eigenvalue weighted by atomic mass is 10.1. The van der Waals surface area contributed by atoms with E-state index in [1.807, 2.05) is 0 Å². The fourth-order valence-corrected chi connectivity index (χ4v) is 3.79. The molecule has 0 aliphatic carbocycles. The molecule has 0 aliphatic heterocycles. The molecule has 0 rings (SSSR count). The molecule has 0 radical (unpaired) electrons. The smallest absolute Gasteiger partial charge is 0.305 e. The van der Waals surface area contributed by atoms with Gasteiger partial charge in [-0.2, -0.15) is 0 Å². The first-order chi connectivity index (χ1) is 13.9. The highest BCUT2D eigenvalue weighted by Gasteiger charge is 2.14. The predicted molar refractivity (Wildman–Crippen MR) is 117 cm³/mol. The van der Waals surface area contributed by atoms with Crippen molar-refractivity contribution in [2.24, 2.45) is 0 Å². The van der Waals surface area contributed by atoms with Crippen LogP contribution in [0.25, 0.3) is 0 Å². The summed E-state index contributed by atoms with van der Waals surface area (Å²) >= 11 is 0. The van der Waals surface area contributed by atoms with Crippen LogP contribution in [0.3, 0.4) is 0 Å². The van der Waals surface area contributed by atoms with Gasteiger partial charge in [0.2, 0.25) is 0 Å². The summed E-state index contributed by atoms with van der Waals surface area (Å²) in [5, 5.41) is 0. The Balaban J connectivity index is 3.67. The van der Waals surface area contributed by atoms with E-state index in [0.29, 0.717) is 12.8 Å². The minimum atomic E-state index is -3.40. The molecule has 0 spiro atoms. The number of hydrogen-bond acceptors (Lipinski definition) is 6. The molecule has 0 aromatic rings. The number of ether oxygens (including phenoxy) is 2. The average Bonchev–Trinajstić information content (AvgIpc) is 2.67. The third-order valence-electron chi connectivity index (χ3n) is 4.78. The quantitative estimate of drug-likeness (QED) is 0.198. The van der Waals surface area contributed by atoms with Crippen molar-refractivity contribution >= 4 is 21.8 Å². The Morgan fingerprint density at radius 3 is 1.31 bits per heavy atom. The van der Waals surface area contributed by atoms with Gasteiger partial charge in [-0.1, -0.05) is 78.1 Å². The van der Waals surface area contributed by atoms with Crippen molar-refractivity contribution < 1.29 is 27.5 Å². The van der Waals surface area contributed by atoms with Crippen molar-refractivity contribution in [2.45, 2.75) is 104 Å². The highest BCUT2D eigenvalue weighted by Crippen LogP contribution is 2.08. The molecular formula is C22H42O6S. The van der Waals surface area contributed by atoms with Crippen molar-refractivity contribution in [1.82, 2.24) is 0 Å². The first-order valence-electron chi connectivity index (χ1n) is 11.4. The molecule has 172 valence electrons. The number of rotatable bonds is 20. The van der Waals surface area contributed by atoms with E-state index in [4.69, 9.17) is 9.47 Å². The van der Waals surface area contributed by atoms with Gasteiger partial charge in [0.1, 0.15) is 13.2 Å². The molecule has 0 N–H and O–H groups in total. The van der Waals surface area contributed by atoms with Crippen molar-refractivity contribution in [3.8, 4) is 0 Å². The van der Waals surface area contributed by atoms with E-state index in [1.165, 1.54) is 38.5 Å². The van der Waals surface area contributed by atoms with Gasteiger partial charge in [0, 0.05) is 12.8 Å². The molecular weight excluding hydrogens is 392 g/mol. The Labute approximate surface area is 178 Å². The van der Waals surface area contributed by atoms with Gasteiger partial charge in [-0.15, -0.1) is 0 Å². The molecule has 0 unspecified atom stereocenters. The van der Waals surface area contributed by atoms with Crippen molar-refractivity contribution in [3.63, 3.8) is 0 Å². The summed E-state index contributed by atoms with van der Waals surface area (Å²) in [6.07, 6.45) is 13.7. The lowest BCUT2D eigenvalue weighted by molar-refractivity contribution is -0.143. The fourth-order valence-electron chi connectivity index (χ4n) is 2.91. The van der Waals surface area contributed by atoms with E-state index in [-0.39, 0.29) is 36.7 Å². The third kappa shape index (κ3) is 20.0. The zero-order valence-corrected chi connectivity index (χ0v) is 19.4. The third-order valence-corrected chi connectivity index (χ3v) is 6.36. The molecule has 0 heterocycles. The van der Waals surface area contributed by atoms with Gasteiger partial charge in [-0.25, -0.2) is 8.42 Å². The van der Waals surface area contributed by atoms with Crippen LogP contribution in [-0.2, 0) is 28.9 Å².